The monoisotopic (exact) mass is 479 g/mol. The molecule has 0 aliphatic carbocycles. The lowest BCUT2D eigenvalue weighted by molar-refractivity contribution is 0.182. The third kappa shape index (κ3) is 4.91. The Kier molecular flexibility index (Phi) is 6.82. The second-order valence-electron chi connectivity index (χ2n) is 6.68. The highest BCUT2D eigenvalue weighted by Crippen LogP contribution is 2.37. The number of fused-ring (bicyclic) bond motifs is 1. The van der Waals surface area contributed by atoms with Crippen molar-refractivity contribution in [2.75, 3.05) is 19.0 Å². The van der Waals surface area contributed by atoms with Crippen LogP contribution in [0.4, 0.5) is 5.13 Å². The predicted octanol–water partition coefficient (Wildman–Crippen LogP) is 5.25. The van der Waals surface area contributed by atoms with Crippen molar-refractivity contribution in [3.8, 4) is 9.88 Å². The van der Waals surface area contributed by atoms with Gasteiger partial charge in [0, 0.05) is 32.1 Å². The van der Waals surface area contributed by atoms with Crippen LogP contribution >= 0.6 is 45.9 Å². The Bertz CT molecular complexity index is 1130. The van der Waals surface area contributed by atoms with Crippen LogP contribution in [0.2, 0.25) is 10.0 Å². The maximum absolute atomic E-state index is 6.30. The Balaban J connectivity index is 1.47. The number of aromatic nitrogens is 3. The summed E-state index contributed by atoms with van der Waals surface area (Å²) < 4.78 is 6.38. The van der Waals surface area contributed by atoms with Crippen LogP contribution in [0, 0.1) is 0 Å². The molecular formula is C20H19Cl2N5OS2. The Morgan fingerprint density at radius 3 is 2.80 bits per heavy atom. The van der Waals surface area contributed by atoms with Gasteiger partial charge in [-0.05, 0) is 30.2 Å². The number of anilines is 1. The summed E-state index contributed by atoms with van der Waals surface area (Å²) in [7, 11) is 1.66. The van der Waals surface area contributed by atoms with Gasteiger partial charge in [-0.15, -0.1) is 11.3 Å². The molecule has 6 nitrogen and oxygen atoms in total. The van der Waals surface area contributed by atoms with Crippen LogP contribution < -0.4 is 11.1 Å². The summed E-state index contributed by atoms with van der Waals surface area (Å²) in [5.74, 6) is 0. The summed E-state index contributed by atoms with van der Waals surface area (Å²) in [6, 6.07) is 7.39. The van der Waals surface area contributed by atoms with E-state index in [2.05, 4.69) is 10.3 Å². The zero-order valence-corrected chi connectivity index (χ0v) is 19.2. The molecular weight excluding hydrogens is 461 g/mol. The number of nitrogens with zero attached hydrogens (tertiary/aromatic N) is 3. The number of nitrogens with two attached hydrogens (primary N) is 1. The quantitative estimate of drug-likeness (QED) is 0.358. The first-order valence-corrected chi connectivity index (χ1v) is 11.6. The number of thiazole rings is 2. The van der Waals surface area contributed by atoms with E-state index in [1.807, 2.05) is 24.4 Å². The molecule has 0 spiro atoms. The lowest BCUT2D eigenvalue weighted by Gasteiger charge is -2.12. The number of ether oxygens (including phenoxy) is 1. The lowest BCUT2D eigenvalue weighted by atomic mass is 10.1. The summed E-state index contributed by atoms with van der Waals surface area (Å²) in [5, 5.41) is 6.13. The van der Waals surface area contributed by atoms with Crippen LogP contribution in [-0.4, -0.2) is 34.6 Å². The zero-order valence-electron chi connectivity index (χ0n) is 16.1. The van der Waals surface area contributed by atoms with Gasteiger partial charge in [-0.1, -0.05) is 40.6 Å². The molecule has 0 saturated carbocycles. The van der Waals surface area contributed by atoms with Gasteiger partial charge in [0.25, 0.3) is 0 Å². The molecule has 0 fully saturated rings. The molecule has 0 aliphatic rings. The van der Waals surface area contributed by atoms with E-state index in [0.717, 1.165) is 36.5 Å². The van der Waals surface area contributed by atoms with Gasteiger partial charge in [-0.25, -0.2) is 9.97 Å². The highest BCUT2D eigenvalue weighted by atomic mass is 35.5. The highest BCUT2D eigenvalue weighted by molar-refractivity contribution is 7.26. The molecule has 0 aliphatic heterocycles. The van der Waals surface area contributed by atoms with Crippen molar-refractivity contribution in [2.24, 2.45) is 5.73 Å². The van der Waals surface area contributed by atoms with Gasteiger partial charge in [-0.3, -0.25) is 4.98 Å². The van der Waals surface area contributed by atoms with Crippen molar-refractivity contribution in [1.82, 2.24) is 15.0 Å². The van der Waals surface area contributed by atoms with Crippen LogP contribution in [0.3, 0.4) is 0 Å². The molecule has 3 N–H and O–H groups in total. The highest BCUT2D eigenvalue weighted by Gasteiger charge is 2.17. The molecule has 0 radical (unpaired) electrons. The van der Waals surface area contributed by atoms with E-state index in [1.54, 1.807) is 42.0 Å². The number of nitrogens with one attached hydrogen (secondary N) is 1. The number of hydrogen-bond donors (Lipinski definition) is 2. The SMILES string of the molecule is COCc1nc(NCC(N)Cc2ccc(Cl)c(Cl)c2)sc1-c1nc2ccncc2s1. The average Bonchev–Trinajstić information content (AvgIpc) is 3.33. The minimum absolute atomic E-state index is 0.103. The minimum Gasteiger partial charge on any atom is -0.378 e. The molecule has 3 aromatic heterocycles. The molecule has 10 heteroatoms. The van der Waals surface area contributed by atoms with Crippen molar-refractivity contribution in [1.29, 1.82) is 0 Å². The molecule has 1 unspecified atom stereocenters. The first-order chi connectivity index (χ1) is 14.5. The summed E-state index contributed by atoms with van der Waals surface area (Å²) in [6.45, 7) is 0.987. The molecule has 0 saturated heterocycles. The predicted molar refractivity (Wildman–Crippen MR) is 126 cm³/mol. The van der Waals surface area contributed by atoms with Gasteiger partial charge in [0.15, 0.2) is 5.13 Å². The van der Waals surface area contributed by atoms with E-state index < -0.39 is 0 Å². The van der Waals surface area contributed by atoms with Crippen LogP contribution in [0.25, 0.3) is 20.1 Å². The second kappa shape index (κ2) is 9.55. The second-order valence-corrected chi connectivity index (χ2v) is 9.53. The first kappa shape index (κ1) is 21.4. The molecule has 4 aromatic rings. The fraction of sp³-hybridized carbons (Fsp3) is 0.250. The van der Waals surface area contributed by atoms with Crippen molar-refractivity contribution in [3.63, 3.8) is 0 Å². The number of methoxy groups -OCH3 is 1. The molecule has 0 amide bonds. The average molecular weight is 480 g/mol. The smallest absolute Gasteiger partial charge is 0.183 e. The largest absolute Gasteiger partial charge is 0.378 e. The van der Waals surface area contributed by atoms with E-state index >= 15 is 0 Å². The maximum atomic E-state index is 6.30. The standard InChI is InChI=1S/C20H19Cl2N5OS2/c1-28-10-16-18(19-26-15-4-5-24-9-17(15)29-19)30-20(27-16)25-8-12(23)6-11-2-3-13(21)14(22)7-11/h2-5,7,9,12H,6,8,10,23H2,1H3,(H,25,27). The fourth-order valence-corrected chi connectivity index (χ4v) is 5.29. The van der Waals surface area contributed by atoms with E-state index in [9.17, 15) is 0 Å². The van der Waals surface area contributed by atoms with E-state index in [0.29, 0.717) is 29.6 Å². The van der Waals surface area contributed by atoms with Crippen molar-refractivity contribution >= 4 is 61.2 Å². The fourth-order valence-electron chi connectivity index (χ4n) is 2.97. The van der Waals surface area contributed by atoms with Gasteiger partial charge < -0.3 is 15.8 Å². The Labute approximate surface area is 192 Å². The van der Waals surface area contributed by atoms with Gasteiger partial charge in [-0.2, -0.15) is 0 Å². The zero-order chi connectivity index (χ0) is 21.1. The number of halogens is 2. The van der Waals surface area contributed by atoms with Gasteiger partial charge in [0.05, 0.1) is 37.4 Å². The van der Waals surface area contributed by atoms with Crippen molar-refractivity contribution in [3.05, 3.63) is 58.0 Å². The Hall–Kier alpha value is -1.81. The number of hydrogen-bond acceptors (Lipinski definition) is 8. The molecule has 3 heterocycles. The molecule has 30 heavy (non-hydrogen) atoms. The molecule has 1 aromatic carbocycles. The van der Waals surface area contributed by atoms with Crippen LogP contribution in [0.15, 0.2) is 36.7 Å². The summed E-state index contributed by atoms with van der Waals surface area (Å²) in [6.07, 6.45) is 4.25. The number of pyridine rings is 1. The van der Waals surface area contributed by atoms with Crippen LogP contribution in [0.1, 0.15) is 11.3 Å². The van der Waals surface area contributed by atoms with Crippen molar-refractivity contribution in [2.45, 2.75) is 19.1 Å². The molecule has 1 atom stereocenters. The van der Waals surface area contributed by atoms with Gasteiger partial charge in [0.2, 0.25) is 0 Å². The van der Waals surface area contributed by atoms with E-state index in [1.165, 1.54) is 0 Å². The van der Waals surface area contributed by atoms with Crippen LogP contribution in [-0.2, 0) is 17.8 Å². The van der Waals surface area contributed by atoms with Crippen molar-refractivity contribution < 1.29 is 4.74 Å². The van der Waals surface area contributed by atoms with Gasteiger partial charge in [0.1, 0.15) is 5.01 Å². The third-order valence-electron chi connectivity index (χ3n) is 4.36. The van der Waals surface area contributed by atoms with E-state index in [-0.39, 0.29) is 6.04 Å². The number of rotatable bonds is 8. The molecule has 0 bridgehead atoms. The molecule has 156 valence electrons. The Morgan fingerprint density at radius 1 is 1.17 bits per heavy atom. The summed E-state index contributed by atoms with van der Waals surface area (Å²) in [4.78, 5) is 14.6. The summed E-state index contributed by atoms with van der Waals surface area (Å²) >= 11 is 15.2. The van der Waals surface area contributed by atoms with E-state index in [4.69, 9.17) is 43.6 Å². The summed E-state index contributed by atoms with van der Waals surface area (Å²) in [5.41, 5.74) is 9.13. The topological polar surface area (TPSA) is 86.0 Å². The lowest BCUT2D eigenvalue weighted by Crippen LogP contribution is -2.31. The third-order valence-corrected chi connectivity index (χ3v) is 7.31. The molecule has 4 rings (SSSR count). The van der Waals surface area contributed by atoms with Gasteiger partial charge >= 0.3 is 0 Å². The normalized spacial score (nSPS) is 12.4. The van der Waals surface area contributed by atoms with Crippen LogP contribution in [0.5, 0.6) is 0 Å². The Morgan fingerprint density at radius 2 is 2.03 bits per heavy atom. The minimum atomic E-state index is -0.103. The number of benzene rings is 1. The maximum Gasteiger partial charge on any atom is 0.183 e. The first-order valence-electron chi connectivity index (χ1n) is 9.16.